The lowest BCUT2D eigenvalue weighted by atomic mass is 10.4. The van der Waals surface area contributed by atoms with Crippen LogP contribution in [0.15, 0.2) is 44.2 Å². The van der Waals surface area contributed by atoms with Crippen LogP contribution in [0.25, 0.3) is 0 Å². The van der Waals surface area contributed by atoms with E-state index in [1.54, 1.807) is 24.3 Å². The summed E-state index contributed by atoms with van der Waals surface area (Å²) in [7, 11) is -3.55. The lowest BCUT2D eigenvalue weighted by Crippen LogP contribution is -2.23. The second-order valence-electron chi connectivity index (χ2n) is 3.61. The van der Waals surface area contributed by atoms with Crippen LogP contribution in [0, 0.1) is 0 Å². The first-order chi connectivity index (χ1) is 8.88. The van der Waals surface area contributed by atoms with Gasteiger partial charge in [-0.15, -0.1) is 11.3 Å². The Morgan fingerprint density at radius 2 is 1.95 bits per heavy atom. The zero-order chi connectivity index (χ0) is 14.0. The summed E-state index contributed by atoms with van der Waals surface area (Å²) in [6.07, 6.45) is 0. The maximum Gasteiger partial charge on any atom is 0.242 e. The van der Waals surface area contributed by atoms with Crippen molar-refractivity contribution in [2.75, 3.05) is 0 Å². The van der Waals surface area contributed by atoms with Crippen molar-refractivity contribution in [2.24, 2.45) is 0 Å². The predicted molar refractivity (Wildman–Crippen MR) is 85.2 cm³/mol. The Bertz CT molecular complexity index is 700. The molecular weight excluding hydrogens is 438 g/mol. The summed E-state index contributed by atoms with van der Waals surface area (Å²) in [4.78, 5) is 1.07. The van der Waals surface area contributed by atoms with E-state index in [1.807, 2.05) is 0 Å². The average molecular weight is 446 g/mol. The second kappa shape index (κ2) is 6.24. The smallest absolute Gasteiger partial charge is 0.207 e. The Hall–Kier alpha value is 0.0800. The van der Waals surface area contributed by atoms with Gasteiger partial charge in [0.15, 0.2) is 0 Å². The third-order valence-electron chi connectivity index (χ3n) is 2.25. The molecule has 0 amide bonds. The fourth-order valence-corrected chi connectivity index (χ4v) is 5.25. The monoisotopic (exact) mass is 443 g/mol. The van der Waals surface area contributed by atoms with Crippen LogP contribution >= 0.6 is 54.8 Å². The zero-order valence-electron chi connectivity index (χ0n) is 9.36. The summed E-state index contributed by atoms with van der Waals surface area (Å²) in [6, 6.07) is 8.45. The van der Waals surface area contributed by atoms with Crippen molar-refractivity contribution in [1.29, 1.82) is 0 Å². The maximum absolute atomic E-state index is 12.2. The van der Waals surface area contributed by atoms with Crippen LogP contribution in [0.4, 0.5) is 0 Å². The molecule has 0 fully saturated rings. The van der Waals surface area contributed by atoms with Crippen molar-refractivity contribution in [3.05, 3.63) is 48.5 Å². The topological polar surface area (TPSA) is 46.2 Å². The summed E-state index contributed by atoms with van der Waals surface area (Å²) >= 11 is 13.7. The average Bonchev–Trinajstić information content (AvgIpc) is 2.72. The van der Waals surface area contributed by atoms with Gasteiger partial charge in [-0.1, -0.05) is 27.5 Å². The molecular formula is C11H8Br2ClNO2S2. The molecule has 1 heterocycles. The second-order valence-corrected chi connectivity index (χ2v) is 8.91. The van der Waals surface area contributed by atoms with Gasteiger partial charge in [0, 0.05) is 20.4 Å². The molecule has 1 aromatic carbocycles. The van der Waals surface area contributed by atoms with Gasteiger partial charge in [0.05, 0.1) is 9.23 Å². The molecule has 102 valence electrons. The van der Waals surface area contributed by atoms with Gasteiger partial charge in [-0.2, -0.15) is 0 Å². The first-order valence-corrected chi connectivity index (χ1v) is 9.34. The fraction of sp³-hybridized carbons (Fsp3) is 0.0909. The number of rotatable bonds is 4. The van der Waals surface area contributed by atoms with Crippen LogP contribution in [0.1, 0.15) is 4.88 Å². The number of halogens is 3. The first-order valence-electron chi connectivity index (χ1n) is 5.07. The fourth-order valence-electron chi connectivity index (χ4n) is 1.38. The molecule has 0 aliphatic rings. The molecule has 0 bridgehead atoms. The maximum atomic E-state index is 12.2. The van der Waals surface area contributed by atoms with Gasteiger partial charge in [-0.3, -0.25) is 0 Å². The highest BCUT2D eigenvalue weighted by Gasteiger charge is 2.17. The molecule has 0 atom stereocenters. The molecule has 8 heteroatoms. The summed E-state index contributed by atoms with van der Waals surface area (Å²) in [5.41, 5.74) is 0. The summed E-state index contributed by atoms with van der Waals surface area (Å²) in [6.45, 7) is 0.224. The Labute approximate surface area is 137 Å². The van der Waals surface area contributed by atoms with Gasteiger partial charge >= 0.3 is 0 Å². The summed E-state index contributed by atoms with van der Waals surface area (Å²) in [5.74, 6) is 0. The molecule has 0 saturated heterocycles. The number of hydrogen-bond donors (Lipinski definition) is 1. The van der Waals surface area contributed by atoms with Crippen LogP contribution in [0.3, 0.4) is 0 Å². The van der Waals surface area contributed by atoms with E-state index in [9.17, 15) is 8.42 Å². The van der Waals surface area contributed by atoms with Crippen molar-refractivity contribution >= 4 is 64.8 Å². The number of sulfonamides is 1. The van der Waals surface area contributed by atoms with Crippen LogP contribution in [-0.4, -0.2) is 8.42 Å². The third kappa shape index (κ3) is 4.03. The van der Waals surface area contributed by atoms with Crippen molar-refractivity contribution in [2.45, 2.75) is 11.4 Å². The molecule has 0 radical (unpaired) electrons. The van der Waals surface area contributed by atoms with Crippen molar-refractivity contribution in [3.8, 4) is 0 Å². The van der Waals surface area contributed by atoms with Gasteiger partial charge in [-0.25, -0.2) is 13.1 Å². The minimum atomic E-state index is -3.55. The highest BCUT2D eigenvalue weighted by atomic mass is 79.9. The normalized spacial score (nSPS) is 11.7. The molecule has 0 aliphatic carbocycles. The predicted octanol–water partition coefficient (Wildman–Crippen LogP) is 4.41. The van der Waals surface area contributed by atoms with Crippen molar-refractivity contribution in [3.63, 3.8) is 0 Å². The van der Waals surface area contributed by atoms with Gasteiger partial charge in [0.25, 0.3) is 0 Å². The van der Waals surface area contributed by atoms with Crippen molar-refractivity contribution in [1.82, 2.24) is 4.72 Å². The molecule has 2 aromatic rings. The molecule has 1 N–H and O–H groups in total. The third-order valence-corrected chi connectivity index (χ3v) is 6.35. The quantitative estimate of drug-likeness (QED) is 0.758. The van der Waals surface area contributed by atoms with E-state index in [0.717, 1.165) is 9.35 Å². The van der Waals surface area contributed by atoms with E-state index in [2.05, 4.69) is 36.6 Å². The van der Waals surface area contributed by atoms with Crippen LogP contribution in [0.2, 0.25) is 4.34 Å². The van der Waals surface area contributed by atoms with Gasteiger partial charge in [-0.05, 0) is 46.3 Å². The SMILES string of the molecule is O=S(=O)(NCc1ccc(Cl)s1)c1ccc(Br)cc1Br. The molecule has 1 aromatic heterocycles. The van der Waals surface area contributed by atoms with Crippen LogP contribution in [-0.2, 0) is 16.6 Å². The highest BCUT2D eigenvalue weighted by Crippen LogP contribution is 2.26. The molecule has 0 unspecified atom stereocenters. The Morgan fingerprint density at radius 3 is 2.53 bits per heavy atom. The minimum absolute atomic E-state index is 0.207. The standard InChI is InChI=1S/C11H8Br2ClNO2S2/c12-7-1-3-10(9(13)5-7)19(16,17)15-6-8-2-4-11(14)18-8/h1-5,15H,6H2. The zero-order valence-corrected chi connectivity index (χ0v) is 14.9. The number of hydrogen-bond acceptors (Lipinski definition) is 3. The number of nitrogens with one attached hydrogen (secondary N) is 1. The summed E-state index contributed by atoms with van der Waals surface area (Å²) in [5, 5.41) is 0. The highest BCUT2D eigenvalue weighted by molar-refractivity contribution is 9.11. The summed E-state index contributed by atoms with van der Waals surface area (Å²) < 4.78 is 28.8. The van der Waals surface area contributed by atoms with E-state index < -0.39 is 10.0 Å². The van der Waals surface area contributed by atoms with Crippen molar-refractivity contribution < 1.29 is 8.42 Å². The van der Waals surface area contributed by atoms with E-state index in [0.29, 0.717) is 8.81 Å². The molecule has 0 saturated carbocycles. The number of thiophene rings is 1. The molecule has 19 heavy (non-hydrogen) atoms. The Kier molecular flexibility index (Phi) is 5.08. The molecule has 0 aliphatic heterocycles. The van der Waals surface area contributed by atoms with Gasteiger partial charge in [0.2, 0.25) is 10.0 Å². The Morgan fingerprint density at radius 1 is 1.21 bits per heavy atom. The minimum Gasteiger partial charge on any atom is -0.207 e. The largest absolute Gasteiger partial charge is 0.242 e. The van der Waals surface area contributed by atoms with Crippen LogP contribution in [0.5, 0.6) is 0 Å². The van der Waals surface area contributed by atoms with E-state index in [1.165, 1.54) is 17.4 Å². The first kappa shape index (κ1) is 15.5. The lowest BCUT2D eigenvalue weighted by Gasteiger charge is -2.08. The number of benzene rings is 1. The van der Waals surface area contributed by atoms with Crippen LogP contribution < -0.4 is 4.72 Å². The van der Waals surface area contributed by atoms with Gasteiger partial charge < -0.3 is 0 Å². The molecule has 3 nitrogen and oxygen atoms in total. The van der Waals surface area contributed by atoms with E-state index >= 15 is 0 Å². The van der Waals surface area contributed by atoms with E-state index in [-0.39, 0.29) is 11.4 Å². The molecule has 2 rings (SSSR count). The molecule has 0 spiro atoms. The van der Waals surface area contributed by atoms with E-state index in [4.69, 9.17) is 11.6 Å². The Balaban J connectivity index is 2.18. The lowest BCUT2D eigenvalue weighted by molar-refractivity contribution is 0.581. The van der Waals surface area contributed by atoms with Gasteiger partial charge in [0.1, 0.15) is 0 Å².